The van der Waals surface area contributed by atoms with Crippen molar-refractivity contribution < 1.29 is 13.3 Å². The van der Waals surface area contributed by atoms with Crippen molar-refractivity contribution in [3.05, 3.63) is 45.5 Å². The Kier molecular flexibility index (Phi) is 4.44. The Morgan fingerprint density at radius 1 is 1.56 bits per heavy atom. The largest absolute Gasteiger partial charge is 0.275 e. The lowest BCUT2D eigenvalue weighted by Gasteiger charge is -2.07. The SMILES string of the molecule is C=CCNS(=O)(=O)c1cc(Cl)c(C)c([N+](=O)[O-])c1. The Morgan fingerprint density at radius 2 is 2.17 bits per heavy atom. The quantitative estimate of drug-likeness (QED) is 0.510. The smallest absolute Gasteiger partial charge is 0.258 e. The maximum atomic E-state index is 11.8. The topological polar surface area (TPSA) is 89.3 Å². The van der Waals surface area contributed by atoms with Gasteiger partial charge < -0.3 is 0 Å². The first kappa shape index (κ1) is 14.6. The van der Waals surface area contributed by atoms with Crippen molar-refractivity contribution in [2.24, 2.45) is 0 Å². The first-order chi connectivity index (χ1) is 8.29. The van der Waals surface area contributed by atoms with Crippen LogP contribution in [0.3, 0.4) is 0 Å². The zero-order valence-electron chi connectivity index (χ0n) is 9.51. The molecule has 0 spiro atoms. The molecule has 0 radical (unpaired) electrons. The number of rotatable bonds is 5. The van der Waals surface area contributed by atoms with Gasteiger partial charge in [-0.2, -0.15) is 0 Å². The van der Waals surface area contributed by atoms with Gasteiger partial charge in [-0.1, -0.05) is 17.7 Å². The molecule has 6 nitrogen and oxygen atoms in total. The summed E-state index contributed by atoms with van der Waals surface area (Å²) in [6.45, 7) is 4.86. The number of nitrogens with zero attached hydrogens (tertiary/aromatic N) is 1. The fraction of sp³-hybridized carbons (Fsp3) is 0.200. The van der Waals surface area contributed by atoms with Gasteiger partial charge in [-0.25, -0.2) is 13.1 Å². The van der Waals surface area contributed by atoms with Crippen molar-refractivity contribution in [2.75, 3.05) is 6.54 Å². The van der Waals surface area contributed by atoms with Gasteiger partial charge in [0.2, 0.25) is 10.0 Å². The molecule has 0 fully saturated rings. The number of nitrogens with one attached hydrogen (secondary N) is 1. The highest BCUT2D eigenvalue weighted by molar-refractivity contribution is 7.89. The molecule has 0 heterocycles. The highest BCUT2D eigenvalue weighted by Gasteiger charge is 2.21. The van der Waals surface area contributed by atoms with Gasteiger partial charge in [-0.05, 0) is 13.0 Å². The standard InChI is InChI=1S/C10H11ClN2O4S/c1-3-4-12-18(16,17)8-5-9(11)7(2)10(6-8)13(14)15/h3,5-6,12H,1,4H2,2H3. The highest BCUT2D eigenvalue weighted by Crippen LogP contribution is 2.29. The Hall–Kier alpha value is -1.44. The van der Waals surface area contributed by atoms with Crippen molar-refractivity contribution in [2.45, 2.75) is 11.8 Å². The van der Waals surface area contributed by atoms with E-state index in [0.29, 0.717) is 0 Å². The van der Waals surface area contributed by atoms with Gasteiger partial charge in [-0.3, -0.25) is 10.1 Å². The molecule has 0 aliphatic heterocycles. The molecule has 1 rings (SSSR count). The van der Waals surface area contributed by atoms with Crippen LogP contribution in [0.15, 0.2) is 29.7 Å². The van der Waals surface area contributed by atoms with E-state index in [1.165, 1.54) is 19.1 Å². The van der Waals surface area contributed by atoms with E-state index in [1.807, 2.05) is 0 Å². The number of nitro groups is 1. The van der Waals surface area contributed by atoms with Gasteiger partial charge in [-0.15, -0.1) is 6.58 Å². The van der Waals surface area contributed by atoms with E-state index in [2.05, 4.69) is 11.3 Å². The van der Waals surface area contributed by atoms with Gasteiger partial charge in [0.1, 0.15) is 0 Å². The summed E-state index contributed by atoms with van der Waals surface area (Å²) < 4.78 is 25.8. The van der Waals surface area contributed by atoms with Gasteiger partial charge in [0.15, 0.2) is 0 Å². The predicted octanol–water partition coefficient (Wildman–Crippen LogP) is 2.02. The second kappa shape index (κ2) is 5.47. The van der Waals surface area contributed by atoms with Crippen molar-refractivity contribution in [3.63, 3.8) is 0 Å². The van der Waals surface area contributed by atoms with Crippen molar-refractivity contribution in [1.82, 2.24) is 4.72 Å². The minimum absolute atomic E-state index is 0.0294. The van der Waals surface area contributed by atoms with Crippen LogP contribution < -0.4 is 4.72 Å². The zero-order valence-corrected chi connectivity index (χ0v) is 11.1. The second-order valence-electron chi connectivity index (χ2n) is 3.45. The summed E-state index contributed by atoms with van der Waals surface area (Å²) in [6.07, 6.45) is 1.36. The maximum Gasteiger partial charge on any atom is 0.275 e. The van der Waals surface area contributed by atoms with Gasteiger partial charge in [0, 0.05) is 18.2 Å². The Morgan fingerprint density at radius 3 is 2.67 bits per heavy atom. The number of hydrogen-bond acceptors (Lipinski definition) is 4. The third kappa shape index (κ3) is 3.06. The lowest BCUT2D eigenvalue weighted by Crippen LogP contribution is -2.23. The predicted molar refractivity (Wildman–Crippen MR) is 68.2 cm³/mol. The van der Waals surface area contributed by atoms with E-state index in [9.17, 15) is 18.5 Å². The molecule has 0 bridgehead atoms. The summed E-state index contributed by atoms with van der Waals surface area (Å²) in [5.74, 6) is 0. The number of nitro benzene ring substituents is 1. The molecule has 0 saturated carbocycles. The first-order valence-corrected chi connectivity index (χ1v) is 6.71. The molecule has 0 aliphatic rings. The van der Waals surface area contributed by atoms with Gasteiger partial charge in [0.05, 0.1) is 14.8 Å². The van der Waals surface area contributed by atoms with Crippen LogP contribution in [-0.2, 0) is 10.0 Å². The van der Waals surface area contributed by atoms with E-state index >= 15 is 0 Å². The Balaban J connectivity index is 3.35. The molecule has 98 valence electrons. The summed E-state index contributed by atoms with van der Waals surface area (Å²) in [6, 6.07) is 2.15. The number of halogens is 1. The third-order valence-corrected chi connectivity index (χ3v) is 4.01. The van der Waals surface area contributed by atoms with Crippen LogP contribution in [0, 0.1) is 17.0 Å². The molecule has 0 aliphatic carbocycles. The number of sulfonamides is 1. The van der Waals surface area contributed by atoms with Crippen LogP contribution in [0.25, 0.3) is 0 Å². The summed E-state index contributed by atoms with van der Waals surface area (Å²) in [7, 11) is -3.83. The molecular formula is C10H11ClN2O4S. The summed E-state index contributed by atoms with van der Waals surface area (Å²) >= 11 is 5.79. The minimum atomic E-state index is -3.83. The molecule has 0 amide bonds. The lowest BCUT2D eigenvalue weighted by atomic mass is 10.2. The fourth-order valence-corrected chi connectivity index (χ4v) is 2.56. The normalized spacial score (nSPS) is 11.2. The van der Waals surface area contributed by atoms with Crippen molar-refractivity contribution in [3.8, 4) is 0 Å². The average molecular weight is 291 g/mol. The highest BCUT2D eigenvalue weighted by atomic mass is 35.5. The molecule has 1 N–H and O–H groups in total. The zero-order chi connectivity index (χ0) is 13.9. The van der Waals surface area contributed by atoms with E-state index in [-0.39, 0.29) is 27.7 Å². The van der Waals surface area contributed by atoms with Crippen molar-refractivity contribution in [1.29, 1.82) is 0 Å². The third-order valence-electron chi connectivity index (χ3n) is 2.22. The molecule has 0 saturated heterocycles. The Labute approximate surface area is 109 Å². The maximum absolute atomic E-state index is 11.8. The fourth-order valence-electron chi connectivity index (χ4n) is 1.24. The first-order valence-electron chi connectivity index (χ1n) is 4.84. The van der Waals surface area contributed by atoms with E-state index in [0.717, 1.165) is 6.07 Å². The van der Waals surface area contributed by atoms with Crippen LogP contribution in [0.5, 0.6) is 0 Å². The number of benzene rings is 1. The monoisotopic (exact) mass is 290 g/mol. The Bertz CT molecular complexity index is 598. The lowest BCUT2D eigenvalue weighted by molar-refractivity contribution is -0.385. The summed E-state index contributed by atoms with van der Waals surface area (Å²) in [4.78, 5) is 9.87. The molecule has 0 aromatic heterocycles. The van der Waals surface area contributed by atoms with Crippen LogP contribution in [0.4, 0.5) is 5.69 Å². The molecule has 18 heavy (non-hydrogen) atoms. The molecular weight excluding hydrogens is 280 g/mol. The average Bonchev–Trinajstić information content (AvgIpc) is 2.29. The molecule has 1 aromatic rings. The summed E-state index contributed by atoms with van der Waals surface area (Å²) in [5, 5.41) is 10.8. The molecule has 8 heteroatoms. The number of hydrogen-bond donors (Lipinski definition) is 1. The van der Waals surface area contributed by atoms with Crippen molar-refractivity contribution >= 4 is 27.3 Å². The minimum Gasteiger partial charge on any atom is -0.258 e. The van der Waals surface area contributed by atoms with Crippen LogP contribution in [0.2, 0.25) is 5.02 Å². The van der Waals surface area contributed by atoms with E-state index in [1.54, 1.807) is 0 Å². The van der Waals surface area contributed by atoms with E-state index in [4.69, 9.17) is 11.6 Å². The molecule has 1 aromatic carbocycles. The van der Waals surface area contributed by atoms with Gasteiger partial charge in [0.25, 0.3) is 5.69 Å². The van der Waals surface area contributed by atoms with Crippen LogP contribution in [0.1, 0.15) is 5.56 Å². The van der Waals surface area contributed by atoms with Crippen LogP contribution in [-0.4, -0.2) is 19.9 Å². The second-order valence-corrected chi connectivity index (χ2v) is 5.62. The molecule has 0 unspecified atom stereocenters. The van der Waals surface area contributed by atoms with Gasteiger partial charge >= 0.3 is 0 Å². The summed E-state index contributed by atoms with van der Waals surface area (Å²) in [5.41, 5.74) is -0.106. The van der Waals surface area contributed by atoms with E-state index < -0.39 is 14.9 Å². The molecule has 0 atom stereocenters. The van der Waals surface area contributed by atoms with Crippen LogP contribution >= 0.6 is 11.6 Å².